The van der Waals surface area contributed by atoms with Gasteiger partial charge in [0.2, 0.25) is 0 Å². The van der Waals surface area contributed by atoms with Crippen molar-refractivity contribution in [3.63, 3.8) is 0 Å². The standard InChI is InChI=1S/C16H20N2O/c1-10-4-7-13-14(9-18(3)16(13)11(10)2)15(19)8-17-12-5-6-12/h4,7,9,12,17H,5-6,8H2,1-3H3. The van der Waals surface area contributed by atoms with Crippen LogP contribution in [0.1, 0.15) is 34.3 Å². The first-order valence-electron chi connectivity index (χ1n) is 6.89. The minimum absolute atomic E-state index is 0.195. The fourth-order valence-electron chi connectivity index (χ4n) is 2.64. The van der Waals surface area contributed by atoms with Gasteiger partial charge in [0.25, 0.3) is 0 Å². The summed E-state index contributed by atoms with van der Waals surface area (Å²) in [5, 5.41) is 4.37. The van der Waals surface area contributed by atoms with Gasteiger partial charge in [0, 0.05) is 30.2 Å². The van der Waals surface area contributed by atoms with Crippen LogP contribution in [-0.4, -0.2) is 22.9 Å². The van der Waals surface area contributed by atoms with Crippen LogP contribution < -0.4 is 5.32 Å². The zero-order valence-corrected chi connectivity index (χ0v) is 11.8. The second-order valence-electron chi connectivity index (χ2n) is 5.64. The molecule has 0 spiro atoms. The topological polar surface area (TPSA) is 34.0 Å². The maximum absolute atomic E-state index is 12.3. The summed E-state index contributed by atoms with van der Waals surface area (Å²) in [6.07, 6.45) is 4.39. The van der Waals surface area contributed by atoms with Gasteiger partial charge in [-0.25, -0.2) is 0 Å². The lowest BCUT2D eigenvalue weighted by atomic mass is 10.0. The molecule has 1 fully saturated rings. The Labute approximate surface area is 113 Å². The summed E-state index contributed by atoms with van der Waals surface area (Å²) in [4.78, 5) is 12.3. The van der Waals surface area contributed by atoms with E-state index in [2.05, 4.69) is 35.9 Å². The predicted octanol–water partition coefficient (Wildman–Crippen LogP) is 2.73. The summed E-state index contributed by atoms with van der Waals surface area (Å²) in [6.45, 7) is 4.68. The third-order valence-corrected chi connectivity index (χ3v) is 4.10. The summed E-state index contributed by atoms with van der Waals surface area (Å²) in [6, 6.07) is 4.74. The van der Waals surface area contributed by atoms with Gasteiger partial charge in [-0.1, -0.05) is 12.1 Å². The third kappa shape index (κ3) is 2.19. The molecule has 1 aromatic carbocycles. The molecule has 19 heavy (non-hydrogen) atoms. The molecular formula is C16H20N2O. The summed E-state index contributed by atoms with van der Waals surface area (Å²) in [5.41, 5.74) is 4.54. The molecule has 0 atom stereocenters. The number of hydrogen-bond donors (Lipinski definition) is 1. The van der Waals surface area contributed by atoms with Crippen LogP contribution in [0.2, 0.25) is 0 Å². The van der Waals surface area contributed by atoms with Gasteiger partial charge in [-0.2, -0.15) is 0 Å². The molecule has 100 valence electrons. The summed E-state index contributed by atoms with van der Waals surface area (Å²) < 4.78 is 2.07. The second kappa shape index (κ2) is 4.49. The zero-order valence-electron chi connectivity index (χ0n) is 11.8. The lowest BCUT2D eigenvalue weighted by Gasteiger charge is -2.05. The fraction of sp³-hybridized carbons (Fsp3) is 0.438. The SMILES string of the molecule is Cc1ccc2c(C(=O)CNC3CC3)cn(C)c2c1C. The van der Waals surface area contributed by atoms with Crippen LogP contribution in [0, 0.1) is 13.8 Å². The molecule has 3 heteroatoms. The highest BCUT2D eigenvalue weighted by atomic mass is 16.1. The average molecular weight is 256 g/mol. The monoisotopic (exact) mass is 256 g/mol. The average Bonchev–Trinajstić information content (AvgIpc) is 3.14. The van der Waals surface area contributed by atoms with E-state index in [1.165, 1.54) is 29.5 Å². The highest BCUT2D eigenvalue weighted by molar-refractivity contribution is 6.09. The molecule has 0 radical (unpaired) electrons. The molecule has 0 amide bonds. The van der Waals surface area contributed by atoms with Crippen molar-refractivity contribution in [1.82, 2.24) is 9.88 Å². The highest BCUT2D eigenvalue weighted by Gasteiger charge is 2.22. The van der Waals surface area contributed by atoms with E-state index in [4.69, 9.17) is 0 Å². The van der Waals surface area contributed by atoms with Gasteiger partial charge in [-0.3, -0.25) is 4.79 Å². The van der Waals surface area contributed by atoms with E-state index in [-0.39, 0.29) is 5.78 Å². The molecule has 3 rings (SSSR count). The van der Waals surface area contributed by atoms with Crippen molar-refractivity contribution in [1.29, 1.82) is 0 Å². The minimum Gasteiger partial charge on any atom is -0.350 e. The highest BCUT2D eigenvalue weighted by Crippen LogP contribution is 2.26. The Hall–Kier alpha value is -1.61. The number of carbonyl (C=O) groups is 1. The van der Waals surface area contributed by atoms with Crippen molar-refractivity contribution in [2.75, 3.05) is 6.54 Å². The Morgan fingerprint density at radius 3 is 2.79 bits per heavy atom. The number of rotatable bonds is 4. The van der Waals surface area contributed by atoms with Gasteiger partial charge >= 0.3 is 0 Å². The Morgan fingerprint density at radius 1 is 1.37 bits per heavy atom. The summed E-state index contributed by atoms with van der Waals surface area (Å²) in [5.74, 6) is 0.195. The van der Waals surface area contributed by atoms with E-state index >= 15 is 0 Å². The maximum atomic E-state index is 12.3. The minimum atomic E-state index is 0.195. The van der Waals surface area contributed by atoms with Crippen molar-refractivity contribution in [2.24, 2.45) is 7.05 Å². The van der Waals surface area contributed by atoms with Gasteiger partial charge in [0.1, 0.15) is 0 Å². The molecule has 1 aliphatic carbocycles. The normalized spacial score (nSPS) is 15.1. The van der Waals surface area contributed by atoms with Crippen molar-refractivity contribution in [3.8, 4) is 0 Å². The molecule has 1 heterocycles. The number of nitrogens with zero attached hydrogens (tertiary/aromatic N) is 1. The van der Waals surface area contributed by atoms with Crippen LogP contribution in [0.4, 0.5) is 0 Å². The molecule has 0 saturated heterocycles. The molecule has 0 bridgehead atoms. The van der Waals surface area contributed by atoms with Gasteiger partial charge in [0.05, 0.1) is 12.1 Å². The van der Waals surface area contributed by atoms with E-state index in [1.54, 1.807) is 0 Å². The first-order valence-corrected chi connectivity index (χ1v) is 6.89. The van der Waals surface area contributed by atoms with Crippen molar-refractivity contribution < 1.29 is 4.79 Å². The number of hydrogen-bond acceptors (Lipinski definition) is 2. The first kappa shape index (κ1) is 12.4. The smallest absolute Gasteiger partial charge is 0.178 e. The summed E-state index contributed by atoms with van der Waals surface area (Å²) >= 11 is 0. The van der Waals surface area contributed by atoms with Crippen molar-refractivity contribution in [2.45, 2.75) is 32.7 Å². The maximum Gasteiger partial charge on any atom is 0.178 e. The quantitative estimate of drug-likeness (QED) is 0.853. The van der Waals surface area contributed by atoms with Gasteiger partial charge in [-0.15, -0.1) is 0 Å². The van der Waals surface area contributed by atoms with E-state index in [9.17, 15) is 4.79 Å². The van der Waals surface area contributed by atoms with Crippen LogP contribution in [0.25, 0.3) is 10.9 Å². The van der Waals surface area contributed by atoms with Crippen LogP contribution in [-0.2, 0) is 7.05 Å². The van der Waals surface area contributed by atoms with E-state index in [1.807, 2.05) is 13.2 Å². The van der Waals surface area contributed by atoms with E-state index in [0.717, 1.165) is 10.9 Å². The number of carbonyl (C=O) groups excluding carboxylic acids is 1. The molecule has 1 N–H and O–H groups in total. The van der Waals surface area contributed by atoms with Crippen molar-refractivity contribution >= 4 is 16.7 Å². The number of benzene rings is 1. The lowest BCUT2D eigenvalue weighted by Crippen LogP contribution is -2.24. The van der Waals surface area contributed by atoms with Gasteiger partial charge < -0.3 is 9.88 Å². The first-order chi connectivity index (χ1) is 9.08. The molecule has 1 saturated carbocycles. The Kier molecular flexibility index (Phi) is 2.94. The van der Waals surface area contributed by atoms with Crippen LogP contribution >= 0.6 is 0 Å². The largest absolute Gasteiger partial charge is 0.350 e. The van der Waals surface area contributed by atoms with Gasteiger partial charge in [0.15, 0.2) is 5.78 Å². The number of nitrogens with one attached hydrogen (secondary N) is 1. The molecule has 1 aliphatic rings. The summed E-state index contributed by atoms with van der Waals surface area (Å²) in [7, 11) is 2.01. The number of fused-ring (bicyclic) bond motifs is 1. The molecule has 2 aromatic rings. The number of ketones is 1. The predicted molar refractivity (Wildman–Crippen MR) is 77.7 cm³/mol. The molecule has 0 unspecified atom stereocenters. The molecule has 0 aliphatic heterocycles. The molecular weight excluding hydrogens is 236 g/mol. The van der Waals surface area contributed by atoms with Crippen molar-refractivity contribution in [3.05, 3.63) is 35.0 Å². The second-order valence-corrected chi connectivity index (χ2v) is 5.64. The molecule has 1 aromatic heterocycles. The van der Waals surface area contributed by atoms with E-state index in [0.29, 0.717) is 12.6 Å². The fourth-order valence-corrected chi connectivity index (χ4v) is 2.64. The molecule has 3 nitrogen and oxygen atoms in total. The number of aryl methyl sites for hydroxylation is 3. The number of aromatic nitrogens is 1. The van der Waals surface area contributed by atoms with Gasteiger partial charge in [-0.05, 0) is 37.8 Å². The third-order valence-electron chi connectivity index (χ3n) is 4.10. The Balaban J connectivity index is 1.99. The zero-order chi connectivity index (χ0) is 13.6. The number of Topliss-reactive ketones (excluding diaryl/α,β-unsaturated/α-hetero) is 1. The van der Waals surface area contributed by atoms with Crippen LogP contribution in [0.5, 0.6) is 0 Å². The Bertz CT molecular complexity index is 650. The van der Waals surface area contributed by atoms with Crippen LogP contribution in [0.3, 0.4) is 0 Å². The Morgan fingerprint density at radius 2 is 2.11 bits per heavy atom. The van der Waals surface area contributed by atoms with E-state index < -0.39 is 0 Å². The van der Waals surface area contributed by atoms with Crippen LogP contribution in [0.15, 0.2) is 18.3 Å². The lowest BCUT2D eigenvalue weighted by molar-refractivity contribution is 0.0992.